The highest BCUT2D eigenvalue weighted by atomic mass is 16.1. The van der Waals surface area contributed by atoms with Crippen molar-refractivity contribution in [3.63, 3.8) is 0 Å². The molecule has 0 aromatic carbocycles. The molecule has 0 unspecified atom stereocenters. The molecule has 0 aliphatic rings. The SMILES string of the molecule is CCCc1nc(C)[nH]c(=O)c1CC. The minimum absolute atomic E-state index is 0.0263. The summed E-state index contributed by atoms with van der Waals surface area (Å²) in [5.41, 5.74) is 1.83. The lowest BCUT2D eigenvalue weighted by atomic mass is 10.1. The Kier molecular flexibility index (Phi) is 3.23. The summed E-state index contributed by atoms with van der Waals surface area (Å²) in [5.74, 6) is 0.714. The molecule has 1 rings (SSSR count). The van der Waals surface area contributed by atoms with E-state index in [1.807, 2.05) is 13.8 Å². The highest BCUT2D eigenvalue weighted by molar-refractivity contribution is 5.17. The van der Waals surface area contributed by atoms with Gasteiger partial charge in [0.2, 0.25) is 0 Å². The number of aryl methyl sites for hydroxylation is 2. The van der Waals surface area contributed by atoms with Crippen LogP contribution in [-0.4, -0.2) is 9.97 Å². The van der Waals surface area contributed by atoms with E-state index in [0.29, 0.717) is 5.82 Å². The topological polar surface area (TPSA) is 45.8 Å². The number of rotatable bonds is 3. The third-order valence-electron chi connectivity index (χ3n) is 2.06. The zero-order chi connectivity index (χ0) is 9.84. The first kappa shape index (κ1) is 9.96. The Morgan fingerprint density at radius 2 is 2.08 bits per heavy atom. The van der Waals surface area contributed by atoms with Crippen LogP contribution in [0.1, 0.15) is 37.4 Å². The van der Waals surface area contributed by atoms with Crippen LogP contribution in [0.15, 0.2) is 4.79 Å². The van der Waals surface area contributed by atoms with Gasteiger partial charge in [-0.05, 0) is 19.8 Å². The second kappa shape index (κ2) is 4.21. The van der Waals surface area contributed by atoms with Crippen molar-refractivity contribution in [2.75, 3.05) is 0 Å². The van der Waals surface area contributed by atoms with E-state index in [9.17, 15) is 4.79 Å². The summed E-state index contributed by atoms with van der Waals surface area (Å²) in [4.78, 5) is 18.5. The molecular weight excluding hydrogens is 164 g/mol. The Balaban J connectivity index is 3.21. The highest BCUT2D eigenvalue weighted by Crippen LogP contribution is 2.04. The Labute approximate surface area is 78.2 Å². The van der Waals surface area contributed by atoms with Crippen LogP contribution in [0, 0.1) is 6.92 Å². The Bertz CT molecular complexity index is 341. The van der Waals surface area contributed by atoms with Gasteiger partial charge in [0.25, 0.3) is 5.56 Å². The smallest absolute Gasteiger partial charge is 0.254 e. The number of hydrogen-bond donors (Lipinski definition) is 1. The van der Waals surface area contributed by atoms with E-state index < -0.39 is 0 Å². The molecular formula is C10H16N2O. The van der Waals surface area contributed by atoms with Crippen LogP contribution in [0.2, 0.25) is 0 Å². The number of aromatic nitrogens is 2. The Hall–Kier alpha value is -1.12. The molecule has 0 amide bonds. The molecule has 0 aliphatic heterocycles. The fourth-order valence-corrected chi connectivity index (χ4v) is 1.48. The molecule has 1 heterocycles. The third-order valence-corrected chi connectivity index (χ3v) is 2.06. The van der Waals surface area contributed by atoms with Crippen molar-refractivity contribution in [2.45, 2.75) is 40.0 Å². The second-order valence-corrected chi connectivity index (χ2v) is 3.18. The summed E-state index contributed by atoms with van der Waals surface area (Å²) in [5, 5.41) is 0. The summed E-state index contributed by atoms with van der Waals surface area (Å²) in [6.07, 6.45) is 2.69. The van der Waals surface area contributed by atoms with Crippen molar-refractivity contribution in [2.24, 2.45) is 0 Å². The fraction of sp³-hybridized carbons (Fsp3) is 0.600. The molecule has 13 heavy (non-hydrogen) atoms. The van der Waals surface area contributed by atoms with Gasteiger partial charge >= 0.3 is 0 Å². The summed E-state index contributed by atoms with van der Waals surface area (Å²) in [7, 11) is 0. The maximum Gasteiger partial charge on any atom is 0.254 e. The maximum absolute atomic E-state index is 11.5. The summed E-state index contributed by atoms with van der Waals surface area (Å²) < 4.78 is 0. The van der Waals surface area contributed by atoms with Gasteiger partial charge < -0.3 is 4.98 Å². The molecule has 0 saturated carbocycles. The standard InChI is InChI=1S/C10H16N2O/c1-4-6-9-8(5-2)10(13)12-7(3)11-9/h4-6H2,1-3H3,(H,11,12,13). The first-order valence-corrected chi connectivity index (χ1v) is 4.77. The first-order chi connectivity index (χ1) is 6.19. The van der Waals surface area contributed by atoms with Crippen molar-refractivity contribution in [1.29, 1.82) is 0 Å². The van der Waals surface area contributed by atoms with Gasteiger partial charge in [0.05, 0.1) is 5.69 Å². The zero-order valence-electron chi connectivity index (χ0n) is 8.48. The van der Waals surface area contributed by atoms with Crippen LogP contribution in [0.3, 0.4) is 0 Å². The molecule has 1 aromatic rings. The summed E-state index contributed by atoms with van der Waals surface area (Å²) in [6, 6.07) is 0. The molecule has 0 fully saturated rings. The van der Waals surface area contributed by atoms with Crippen LogP contribution < -0.4 is 5.56 Å². The molecule has 0 saturated heterocycles. The number of nitrogens with zero attached hydrogens (tertiary/aromatic N) is 1. The average molecular weight is 180 g/mol. The van der Waals surface area contributed by atoms with Gasteiger partial charge in [0, 0.05) is 5.56 Å². The highest BCUT2D eigenvalue weighted by Gasteiger charge is 2.06. The van der Waals surface area contributed by atoms with Crippen molar-refractivity contribution in [3.8, 4) is 0 Å². The molecule has 0 aliphatic carbocycles. The van der Waals surface area contributed by atoms with E-state index in [1.165, 1.54) is 0 Å². The van der Waals surface area contributed by atoms with Crippen LogP contribution in [0.25, 0.3) is 0 Å². The zero-order valence-corrected chi connectivity index (χ0v) is 8.48. The molecule has 1 N–H and O–H groups in total. The lowest BCUT2D eigenvalue weighted by Crippen LogP contribution is -2.18. The van der Waals surface area contributed by atoms with Gasteiger partial charge in [-0.2, -0.15) is 0 Å². The molecule has 0 radical (unpaired) electrons. The minimum Gasteiger partial charge on any atom is -0.311 e. The second-order valence-electron chi connectivity index (χ2n) is 3.18. The van der Waals surface area contributed by atoms with Crippen molar-refractivity contribution >= 4 is 0 Å². The Morgan fingerprint density at radius 3 is 2.62 bits per heavy atom. The largest absolute Gasteiger partial charge is 0.311 e. The molecule has 72 valence electrons. The van der Waals surface area contributed by atoms with Crippen molar-refractivity contribution < 1.29 is 0 Å². The van der Waals surface area contributed by atoms with Crippen LogP contribution in [0.4, 0.5) is 0 Å². The first-order valence-electron chi connectivity index (χ1n) is 4.77. The van der Waals surface area contributed by atoms with Crippen LogP contribution >= 0.6 is 0 Å². The lowest BCUT2D eigenvalue weighted by Gasteiger charge is -2.05. The van der Waals surface area contributed by atoms with E-state index in [1.54, 1.807) is 0 Å². The monoisotopic (exact) mass is 180 g/mol. The van der Waals surface area contributed by atoms with Gasteiger partial charge in [0.1, 0.15) is 5.82 Å². The van der Waals surface area contributed by atoms with E-state index >= 15 is 0 Å². The fourth-order valence-electron chi connectivity index (χ4n) is 1.48. The number of H-pyrrole nitrogens is 1. The number of nitrogens with one attached hydrogen (secondary N) is 1. The van der Waals surface area contributed by atoms with Gasteiger partial charge in [0.15, 0.2) is 0 Å². The molecule has 3 heteroatoms. The van der Waals surface area contributed by atoms with Gasteiger partial charge in [-0.25, -0.2) is 4.98 Å². The third kappa shape index (κ3) is 2.17. The summed E-state index contributed by atoms with van der Waals surface area (Å²) in [6.45, 7) is 5.90. The number of aromatic amines is 1. The Morgan fingerprint density at radius 1 is 1.38 bits per heavy atom. The van der Waals surface area contributed by atoms with Crippen molar-refractivity contribution in [3.05, 3.63) is 27.4 Å². The molecule has 0 atom stereocenters. The minimum atomic E-state index is 0.0263. The molecule has 0 bridgehead atoms. The van der Waals surface area contributed by atoms with E-state index in [4.69, 9.17) is 0 Å². The van der Waals surface area contributed by atoms with Gasteiger partial charge in [-0.15, -0.1) is 0 Å². The molecule has 0 spiro atoms. The lowest BCUT2D eigenvalue weighted by molar-refractivity contribution is 0.815. The van der Waals surface area contributed by atoms with Gasteiger partial charge in [-0.3, -0.25) is 4.79 Å². The predicted octanol–water partition coefficient (Wildman–Crippen LogP) is 1.59. The predicted molar refractivity (Wildman–Crippen MR) is 53.0 cm³/mol. The van der Waals surface area contributed by atoms with Crippen molar-refractivity contribution in [1.82, 2.24) is 9.97 Å². The van der Waals surface area contributed by atoms with E-state index in [2.05, 4.69) is 16.9 Å². The number of hydrogen-bond acceptors (Lipinski definition) is 2. The van der Waals surface area contributed by atoms with Crippen LogP contribution in [0.5, 0.6) is 0 Å². The normalized spacial score (nSPS) is 10.4. The molecule has 1 aromatic heterocycles. The van der Waals surface area contributed by atoms with Gasteiger partial charge in [-0.1, -0.05) is 20.3 Å². The maximum atomic E-state index is 11.5. The van der Waals surface area contributed by atoms with E-state index in [-0.39, 0.29) is 5.56 Å². The average Bonchev–Trinajstić information content (AvgIpc) is 2.04. The quantitative estimate of drug-likeness (QED) is 0.767. The van der Waals surface area contributed by atoms with Crippen LogP contribution in [-0.2, 0) is 12.8 Å². The van der Waals surface area contributed by atoms with E-state index in [0.717, 1.165) is 30.5 Å². The molecule has 3 nitrogen and oxygen atoms in total. The summed E-state index contributed by atoms with van der Waals surface area (Å²) >= 11 is 0.